The minimum absolute atomic E-state index is 0.114. The molecule has 0 saturated carbocycles. The van der Waals surface area contributed by atoms with Crippen LogP contribution in [0.4, 0.5) is 0 Å². The average Bonchev–Trinajstić information content (AvgIpc) is 3.00. The lowest BCUT2D eigenvalue weighted by Gasteiger charge is -2.19. The van der Waals surface area contributed by atoms with E-state index >= 15 is 0 Å². The maximum atomic E-state index is 3.68. The van der Waals surface area contributed by atoms with Crippen LogP contribution in [0.3, 0.4) is 0 Å². The van der Waals surface area contributed by atoms with Crippen molar-refractivity contribution in [2.45, 2.75) is 52.4 Å². The van der Waals surface area contributed by atoms with E-state index in [0.717, 1.165) is 5.56 Å². The van der Waals surface area contributed by atoms with Gasteiger partial charge in [-0.1, -0.05) is 72.4 Å². The Morgan fingerprint density at radius 3 is 1.57 bits per heavy atom. The third-order valence-corrected chi connectivity index (χ3v) is 5.92. The van der Waals surface area contributed by atoms with Crippen LogP contribution >= 0.6 is 0 Å². The van der Waals surface area contributed by atoms with Gasteiger partial charge in [0.2, 0.25) is 0 Å². The van der Waals surface area contributed by atoms with E-state index in [1.54, 1.807) is 0 Å². The summed E-state index contributed by atoms with van der Waals surface area (Å²) in [6.07, 6.45) is 1.90. The molecule has 0 amide bonds. The molecule has 4 rings (SSSR count). The zero-order valence-corrected chi connectivity index (χ0v) is 19.0. The molecule has 0 atom stereocenters. The average molecular weight is 394 g/mol. The fourth-order valence-electron chi connectivity index (χ4n) is 4.07. The minimum Gasteiger partial charge on any atom is -0.309 e. The summed E-state index contributed by atoms with van der Waals surface area (Å²) in [6.45, 7) is 17.3. The predicted octanol–water partition coefficient (Wildman–Crippen LogP) is 8.18. The highest BCUT2D eigenvalue weighted by Gasteiger charge is 2.20. The second kappa shape index (κ2) is 7.04. The van der Waals surface area contributed by atoms with Crippen LogP contribution in [0, 0.1) is 0 Å². The maximum Gasteiger partial charge on any atom is 0.0541 e. The summed E-state index contributed by atoms with van der Waals surface area (Å²) >= 11 is 0. The highest BCUT2D eigenvalue weighted by molar-refractivity contribution is 6.09. The molecule has 1 heteroatoms. The lowest BCUT2D eigenvalue weighted by molar-refractivity contribution is 0.590. The van der Waals surface area contributed by atoms with Gasteiger partial charge in [-0.25, -0.2) is 0 Å². The van der Waals surface area contributed by atoms with Crippen LogP contribution in [0.2, 0.25) is 0 Å². The van der Waals surface area contributed by atoms with Crippen molar-refractivity contribution >= 4 is 27.9 Å². The Kier molecular flexibility index (Phi) is 4.76. The van der Waals surface area contributed by atoms with Crippen molar-refractivity contribution in [2.24, 2.45) is 0 Å². The van der Waals surface area contributed by atoms with E-state index in [1.807, 2.05) is 6.08 Å². The lowest BCUT2D eigenvalue weighted by atomic mass is 9.85. The molecule has 0 bridgehead atoms. The molecule has 152 valence electrons. The zero-order chi connectivity index (χ0) is 21.7. The molecule has 4 aromatic rings. The summed E-state index contributed by atoms with van der Waals surface area (Å²) in [5, 5.41) is 2.64. The van der Waals surface area contributed by atoms with E-state index in [2.05, 4.69) is 119 Å². The number of rotatable bonds is 2. The summed E-state index contributed by atoms with van der Waals surface area (Å²) in [7, 11) is 0. The quantitative estimate of drug-likeness (QED) is 0.303. The van der Waals surface area contributed by atoms with Crippen LogP contribution in [0.15, 0.2) is 73.0 Å². The second-order valence-electron chi connectivity index (χ2n) is 10.2. The van der Waals surface area contributed by atoms with Crippen molar-refractivity contribution in [1.29, 1.82) is 0 Å². The van der Waals surface area contributed by atoms with Gasteiger partial charge >= 0.3 is 0 Å². The third kappa shape index (κ3) is 3.51. The Balaban J connectivity index is 2.06. The first-order chi connectivity index (χ1) is 14.1. The second-order valence-corrected chi connectivity index (χ2v) is 10.2. The van der Waals surface area contributed by atoms with Crippen molar-refractivity contribution in [3.63, 3.8) is 0 Å². The molecule has 0 fully saturated rings. The van der Waals surface area contributed by atoms with Gasteiger partial charge in [-0.15, -0.1) is 5.73 Å². The van der Waals surface area contributed by atoms with Gasteiger partial charge in [-0.2, -0.15) is 0 Å². The van der Waals surface area contributed by atoms with E-state index in [-0.39, 0.29) is 10.8 Å². The van der Waals surface area contributed by atoms with Crippen LogP contribution in [-0.2, 0) is 10.8 Å². The molecule has 1 aromatic heterocycles. The molecule has 0 unspecified atom stereocenters. The van der Waals surface area contributed by atoms with Crippen LogP contribution in [0.1, 0.15) is 58.2 Å². The standard InChI is InChI=1S/C29H31N/c1-8-9-20-10-14-23(15-11-20)30-26-16-12-21(28(2,3)4)18-24(26)25-19-22(29(5,6)7)13-17-27(25)30/h9-19H,1H2,2-7H3. The van der Waals surface area contributed by atoms with Crippen molar-refractivity contribution in [3.8, 4) is 5.69 Å². The first-order valence-corrected chi connectivity index (χ1v) is 10.6. The normalized spacial score (nSPS) is 12.3. The molecule has 3 aromatic carbocycles. The van der Waals surface area contributed by atoms with E-state index in [0.29, 0.717) is 0 Å². The van der Waals surface area contributed by atoms with Crippen molar-refractivity contribution < 1.29 is 0 Å². The summed E-state index contributed by atoms with van der Waals surface area (Å²) in [5.74, 6) is 0. The van der Waals surface area contributed by atoms with E-state index < -0.39 is 0 Å². The molecule has 1 heterocycles. The molecule has 0 aliphatic heterocycles. The number of fused-ring (bicyclic) bond motifs is 3. The molecule has 0 aliphatic rings. The number of benzene rings is 3. The molecule has 0 N–H and O–H groups in total. The number of aromatic nitrogens is 1. The van der Waals surface area contributed by atoms with E-state index in [9.17, 15) is 0 Å². The summed E-state index contributed by atoms with van der Waals surface area (Å²) in [4.78, 5) is 0. The van der Waals surface area contributed by atoms with Gasteiger partial charge in [-0.05, 0) is 70.0 Å². The van der Waals surface area contributed by atoms with Crippen LogP contribution in [0.25, 0.3) is 33.6 Å². The van der Waals surface area contributed by atoms with Gasteiger partial charge < -0.3 is 4.57 Å². The van der Waals surface area contributed by atoms with Crippen LogP contribution in [-0.4, -0.2) is 4.57 Å². The van der Waals surface area contributed by atoms with Gasteiger partial charge in [0.15, 0.2) is 0 Å². The Hall–Kier alpha value is -3.02. The summed E-state index contributed by atoms with van der Waals surface area (Å²) in [6, 6.07) is 22.5. The minimum atomic E-state index is 0.114. The topological polar surface area (TPSA) is 4.93 Å². The van der Waals surface area contributed by atoms with Crippen LogP contribution < -0.4 is 0 Å². The number of nitrogens with zero attached hydrogens (tertiary/aromatic N) is 1. The van der Waals surface area contributed by atoms with Crippen molar-refractivity contribution in [2.75, 3.05) is 0 Å². The van der Waals surface area contributed by atoms with Gasteiger partial charge in [0.1, 0.15) is 0 Å². The van der Waals surface area contributed by atoms with Gasteiger partial charge in [-0.3, -0.25) is 0 Å². The first kappa shape index (κ1) is 20.3. The monoisotopic (exact) mass is 393 g/mol. The summed E-state index contributed by atoms with van der Waals surface area (Å²) < 4.78 is 2.38. The lowest BCUT2D eigenvalue weighted by Crippen LogP contribution is -2.10. The number of hydrogen-bond acceptors (Lipinski definition) is 0. The highest BCUT2D eigenvalue weighted by atomic mass is 15.0. The van der Waals surface area contributed by atoms with Crippen molar-refractivity contribution in [1.82, 2.24) is 4.57 Å². The first-order valence-electron chi connectivity index (χ1n) is 10.6. The fourth-order valence-corrected chi connectivity index (χ4v) is 4.07. The molecule has 0 spiro atoms. The SMILES string of the molecule is C=C=Cc1ccc(-n2c3ccc(C(C)(C)C)cc3c3cc(C(C)(C)C)ccc32)cc1. The molecular formula is C29H31N. The molecular weight excluding hydrogens is 362 g/mol. The number of hydrogen-bond donors (Lipinski definition) is 0. The zero-order valence-electron chi connectivity index (χ0n) is 19.0. The summed E-state index contributed by atoms with van der Waals surface area (Å²) in [5.41, 5.74) is 10.6. The van der Waals surface area contributed by atoms with Crippen molar-refractivity contribution in [3.05, 3.63) is 89.7 Å². The molecule has 0 aliphatic carbocycles. The highest BCUT2D eigenvalue weighted by Crippen LogP contribution is 2.37. The van der Waals surface area contributed by atoms with Gasteiger partial charge in [0.05, 0.1) is 11.0 Å². The molecule has 30 heavy (non-hydrogen) atoms. The Morgan fingerprint density at radius 1 is 0.700 bits per heavy atom. The van der Waals surface area contributed by atoms with E-state index in [4.69, 9.17) is 0 Å². The molecule has 0 saturated heterocycles. The largest absolute Gasteiger partial charge is 0.309 e. The van der Waals surface area contributed by atoms with Gasteiger partial charge in [0, 0.05) is 16.5 Å². The van der Waals surface area contributed by atoms with E-state index in [1.165, 1.54) is 38.6 Å². The van der Waals surface area contributed by atoms with Crippen LogP contribution in [0.5, 0.6) is 0 Å². The fraction of sp³-hybridized carbons (Fsp3) is 0.276. The maximum absolute atomic E-state index is 3.68. The third-order valence-electron chi connectivity index (χ3n) is 5.92. The predicted molar refractivity (Wildman–Crippen MR) is 132 cm³/mol. The Bertz CT molecular complexity index is 1210. The molecule has 0 radical (unpaired) electrons. The molecule has 1 nitrogen and oxygen atoms in total. The smallest absolute Gasteiger partial charge is 0.0541 e. The Labute approximate surface area is 180 Å². The van der Waals surface area contributed by atoms with Gasteiger partial charge in [0.25, 0.3) is 0 Å². The Morgan fingerprint density at radius 2 is 1.17 bits per heavy atom.